The van der Waals surface area contributed by atoms with E-state index in [1.165, 1.54) is 43.9 Å². The Hall–Kier alpha value is -1.41. The molecule has 2 heterocycles. The number of carbonyl (C=O) groups excluding carboxylic acids is 1. The molecule has 0 aliphatic heterocycles. The Labute approximate surface area is 168 Å². The number of thioether (sulfide) groups is 1. The second kappa shape index (κ2) is 8.31. The van der Waals surface area contributed by atoms with Gasteiger partial charge in [-0.1, -0.05) is 31.0 Å². The van der Waals surface area contributed by atoms with Crippen molar-refractivity contribution < 1.29 is 4.79 Å². The molecule has 2 aliphatic carbocycles. The van der Waals surface area contributed by atoms with E-state index in [0.29, 0.717) is 5.92 Å². The van der Waals surface area contributed by atoms with Gasteiger partial charge in [0, 0.05) is 30.1 Å². The molecule has 2 aliphatic rings. The lowest BCUT2D eigenvalue weighted by Gasteiger charge is -2.34. The lowest BCUT2D eigenvalue weighted by molar-refractivity contribution is -0.118. The fourth-order valence-corrected chi connectivity index (χ4v) is 5.52. The minimum atomic E-state index is -0.211. The van der Waals surface area contributed by atoms with E-state index in [0.717, 1.165) is 35.5 Å². The van der Waals surface area contributed by atoms with E-state index in [4.69, 9.17) is 0 Å². The average molecular weight is 406 g/mol. The third kappa shape index (κ3) is 4.06. The number of hydrogen-bond donors (Lipinski definition) is 0. The number of hydrogen-bond acceptors (Lipinski definition) is 6. The van der Waals surface area contributed by atoms with Crippen molar-refractivity contribution in [3.8, 4) is 0 Å². The molecule has 0 N–H and O–H groups in total. The van der Waals surface area contributed by atoms with Crippen LogP contribution in [0.15, 0.2) is 16.7 Å². The zero-order valence-corrected chi connectivity index (χ0v) is 17.6. The molecule has 2 aromatic heterocycles. The van der Waals surface area contributed by atoms with Crippen LogP contribution >= 0.6 is 23.1 Å². The van der Waals surface area contributed by atoms with E-state index in [9.17, 15) is 4.79 Å². The normalized spacial score (nSPS) is 19.2. The summed E-state index contributed by atoms with van der Waals surface area (Å²) in [5.74, 6) is 1.79. The highest BCUT2D eigenvalue weighted by atomic mass is 32.2. The molecule has 1 atom stereocenters. The summed E-state index contributed by atoms with van der Waals surface area (Å²) in [6.07, 6.45) is 9.99. The molecule has 0 bridgehead atoms. The number of rotatable bonds is 7. The van der Waals surface area contributed by atoms with Crippen LogP contribution in [0.1, 0.15) is 70.5 Å². The smallest absolute Gasteiger partial charge is 0.242 e. The highest BCUT2D eigenvalue weighted by Gasteiger charge is 2.34. The van der Waals surface area contributed by atoms with Crippen molar-refractivity contribution in [1.29, 1.82) is 0 Å². The first-order valence-corrected chi connectivity index (χ1v) is 11.8. The van der Waals surface area contributed by atoms with Crippen molar-refractivity contribution >= 4 is 34.1 Å². The summed E-state index contributed by atoms with van der Waals surface area (Å²) in [6, 6.07) is 0.270. The number of carbonyl (C=O) groups is 1. The van der Waals surface area contributed by atoms with Crippen LogP contribution in [-0.4, -0.2) is 36.9 Å². The van der Waals surface area contributed by atoms with Gasteiger partial charge in [0.25, 0.3) is 0 Å². The third-order valence-corrected chi connectivity index (χ3v) is 7.28. The highest BCUT2D eigenvalue weighted by molar-refractivity contribution is 8.00. The number of nitrogens with zero attached hydrogens (tertiary/aromatic N) is 5. The Morgan fingerprint density at radius 3 is 2.70 bits per heavy atom. The molecular formula is C19H27N5OS2. The summed E-state index contributed by atoms with van der Waals surface area (Å²) in [5, 5.41) is 12.2. The predicted octanol–water partition coefficient (Wildman–Crippen LogP) is 4.48. The van der Waals surface area contributed by atoms with Crippen LogP contribution in [0.4, 0.5) is 5.13 Å². The lowest BCUT2D eigenvalue weighted by atomic mass is 9.94. The molecule has 0 spiro atoms. The zero-order chi connectivity index (χ0) is 18.8. The van der Waals surface area contributed by atoms with Crippen LogP contribution in [0.2, 0.25) is 0 Å². The zero-order valence-electron chi connectivity index (χ0n) is 16.0. The summed E-state index contributed by atoms with van der Waals surface area (Å²) in [6.45, 7) is 4.96. The van der Waals surface area contributed by atoms with Gasteiger partial charge in [0.15, 0.2) is 10.3 Å². The van der Waals surface area contributed by atoms with E-state index in [2.05, 4.69) is 26.7 Å². The van der Waals surface area contributed by atoms with Gasteiger partial charge < -0.3 is 4.57 Å². The quantitative estimate of drug-likeness (QED) is 0.636. The standard InChI is InChI=1S/C19H27N5OS2/c1-3-23-16(14-9-10-14)21-22-19(23)27-13(2)17(25)24(18-20-11-12-26-18)15-7-5-4-6-8-15/h11-15H,3-10H2,1-2H3/t13-/m0/s1. The number of thiazole rings is 1. The molecule has 2 saturated carbocycles. The molecule has 0 saturated heterocycles. The summed E-state index contributed by atoms with van der Waals surface area (Å²) in [5.41, 5.74) is 0. The van der Waals surface area contributed by atoms with Crippen LogP contribution in [0.5, 0.6) is 0 Å². The molecule has 27 heavy (non-hydrogen) atoms. The second-order valence-electron chi connectivity index (χ2n) is 7.43. The summed E-state index contributed by atoms with van der Waals surface area (Å²) >= 11 is 3.09. The fraction of sp³-hybridized carbons (Fsp3) is 0.684. The molecule has 2 aromatic rings. The molecule has 0 radical (unpaired) electrons. The van der Waals surface area contributed by atoms with E-state index < -0.39 is 0 Å². The Morgan fingerprint density at radius 1 is 1.30 bits per heavy atom. The van der Waals surface area contributed by atoms with Crippen molar-refractivity contribution in [2.75, 3.05) is 4.90 Å². The van der Waals surface area contributed by atoms with Gasteiger partial charge in [-0.15, -0.1) is 21.5 Å². The predicted molar refractivity (Wildman–Crippen MR) is 109 cm³/mol. The van der Waals surface area contributed by atoms with Gasteiger partial charge in [-0.3, -0.25) is 9.69 Å². The summed E-state index contributed by atoms with van der Waals surface area (Å²) in [4.78, 5) is 19.8. The Kier molecular flexibility index (Phi) is 5.82. The first-order chi connectivity index (χ1) is 13.2. The number of aromatic nitrogens is 4. The van der Waals surface area contributed by atoms with Crippen LogP contribution in [-0.2, 0) is 11.3 Å². The van der Waals surface area contributed by atoms with Gasteiger partial charge in [0.05, 0.1) is 5.25 Å². The average Bonchev–Trinajstić information content (AvgIpc) is 3.24. The molecule has 2 fully saturated rings. The molecule has 1 amide bonds. The molecule has 0 aromatic carbocycles. The first kappa shape index (κ1) is 18.9. The summed E-state index contributed by atoms with van der Waals surface area (Å²) in [7, 11) is 0. The SMILES string of the molecule is CCn1c(S[C@@H](C)C(=O)N(c2nccs2)C2CCCCC2)nnc1C1CC1. The van der Waals surface area contributed by atoms with Gasteiger partial charge in [0.2, 0.25) is 5.91 Å². The van der Waals surface area contributed by atoms with Crippen molar-refractivity contribution in [2.45, 2.75) is 87.7 Å². The topological polar surface area (TPSA) is 63.9 Å². The molecule has 0 unspecified atom stereocenters. The van der Waals surface area contributed by atoms with Crippen molar-refractivity contribution in [3.63, 3.8) is 0 Å². The molecule has 8 heteroatoms. The third-order valence-electron chi connectivity index (χ3n) is 5.44. The minimum Gasteiger partial charge on any atom is -0.306 e. The summed E-state index contributed by atoms with van der Waals surface area (Å²) < 4.78 is 2.18. The van der Waals surface area contributed by atoms with Gasteiger partial charge >= 0.3 is 0 Å². The monoisotopic (exact) mass is 405 g/mol. The molecular weight excluding hydrogens is 378 g/mol. The molecule has 4 rings (SSSR count). The number of anilines is 1. The number of amides is 1. The maximum Gasteiger partial charge on any atom is 0.242 e. The Morgan fingerprint density at radius 2 is 2.07 bits per heavy atom. The van der Waals surface area contributed by atoms with Crippen LogP contribution in [0.3, 0.4) is 0 Å². The van der Waals surface area contributed by atoms with E-state index in [-0.39, 0.29) is 17.2 Å². The Bertz CT molecular complexity index is 765. The lowest BCUT2D eigenvalue weighted by Crippen LogP contribution is -2.45. The van der Waals surface area contributed by atoms with Gasteiger partial charge in [-0.2, -0.15) is 0 Å². The van der Waals surface area contributed by atoms with Crippen molar-refractivity contribution in [2.24, 2.45) is 0 Å². The van der Waals surface area contributed by atoms with Crippen LogP contribution in [0.25, 0.3) is 0 Å². The van der Waals surface area contributed by atoms with Crippen LogP contribution in [0, 0.1) is 0 Å². The van der Waals surface area contributed by atoms with Crippen molar-refractivity contribution in [3.05, 3.63) is 17.4 Å². The Balaban J connectivity index is 1.52. The minimum absolute atomic E-state index is 0.139. The largest absolute Gasteiger partial charge is 0.306 e. The molecule has 6 nitrogen and oxygen atoms in total. The van der Waals surface area contributed by atoms with Gasteiger partial charge in [0.1, 0.15) is 5.82 Å². The second-order valence-corrected chi connectivity index (χ2v) is 9.62. The van der Waals surface area contributed by atoms with Crippen LogP contribution < -0.4 is 4.90 Å². The highest BCUT2D eigenvalue weighted by Crippen LogP contribution is 2.40. The van der Waals surface area contributed by atoms with E-state index in [1.807, 2.05) is 17.2 Å². The van der Waals surface area contributed by atoms with Crippen molar-refractivity contribution in [1.82, 2.24) is 19.7 Å². The van der Waals surface area contributed by atoms with E-state index in [1.54, 1.807) is 17.5 Å². The van der Waals surface area contributed by atoms with E-state index >= 15 is 0 Å². The van der Waals surface area contributed by atoms with Gasteiger partial charge in [-0.25, -0.2) is 4.98 Å². The molecule has 146 valence electrons. The first-order valence-electron chi connectivity index (χ1n) is 10.0. The fourth-order valence-electron chi connectivity index (χ4n) is 3.84. The maximum atomic E-state index is 13.4. The van der Waals surface area contributed by atoms with Gasteiger partial charge in [-0.05, 0) is 39.5 Å². The maximum absolute atomic E-state index is 13.4.